The topological polar surface area (TPSA) is 57.6 Å². The predicted octanol–water partition coefficient (Wildman–Crippen LogP) is 2.63. The van der Waals surface area contributed by atoms with E-state index in [4.69, 9.17) is 0 Å². The Bertz CT molecular complexity index is 477. The fourth-order valence-electron chi connectivity index (χ4n) is 2.44. The van der Waals surface area contributed by atoms with Gasteiger partial charge in [-0.2, -0.15) is 0 Å². The predicted molar refractivity (Wildman–Crippen MR) is 78.7 cm³/mol. The molecule has 20 heavy (non-hydrogen) atoms. The second kappa shape index (κ2) is 6.79. The Kier molecular flexibility index (Phi) is 5.06. The van der Waals surface area contributed by atoms with Crippen molar-refractivity contribution in [3.05, 3.63) is 30.3 Å². The van der Waals surface area contributed by atoms with Crippen LogP contribution in [-0.4, -0.2) is 39.7 Å². The highest BCUT2D eigenvalue weighted by Gasteiger charge is 2.36. The molecule has 2 rings (SSSR count). The van der Waals surface area contributed by atoms with Gasteiger partial charge in [0.2, 0.25) is 5.91 Å². The van der Waals surface area contributed by atoms with Gasteiger partial charge in [0.1, 0.15) is 6.04 Å². The molecule has 1 saturated heterocycles. The van der Waals surface area contributed by atoms with Crippen molar-refractivity contribution in [3.8, 4) is 0 Å². The van der Waals surface area contributed by atoms with Gasteiger partial charge in [-0.15, -0.1) is 11.8 Å². The van der Waals surface area contributed by atoms with Crippen LogP contribution in [-0.2, 0) is 9.59 Å². The summed E-state index contributed by atoms with van der Waals surface area (Å²) in [7, 11) is 0. The molecule has 0 bridgehead atoms. The maximum atomic E-state index is 12.5. The van der Waals surface area contributed by atoms with Crippen molar-refractivity contribution in [1.29, 1.82) is 0 Å². The van der Waals surface area contributed by atoms with Crippen LogP contribution in [0.4, 0.5) is 0 Å². The zero-order valence-corrected chi connectivity index (χ0v) is 12.3. The summed E-state index contributed by atoms with van der Waals surface area (Å²) in [5.41, 5.74) is 0. The van der Waals surface area contributed by atoms with Crippen LogP contribution in [0.15, 0.2) is 35.2 Å². The van der Waals surface area contributed by atoms with Crippen molar-refractivity contribution < 1.29 is 14.7 Å². The van der Waals surface area contributed by atoms with Crippen LogP contribution >= 0.6 is 11.8 Å². The lowest BCUT2D eigenvalue weighted by atomic mass is 10.2. The number of likely N-dealkylation sites (tertiary alicyclic amines) is 1. The third-order valence-electron chi connectivity index (χ3n) is 3.49. The van der Waals surface area contributed by atoms with Gasteiger partial charge in [-0.3, -0.25) is 4.79 Å². The van der Waals surface area contributed by atoms with E-state index < -0.39 is 12.0 Å². The minimum atomic E-state index is -0.893. The van der Waals surface area contributed by atoms with E-state index in [1.807, 2.05) is 37.3 Å². The summed E-state index contributed by atoms with van der Waals surface area (Å²) in [5.74, 6) is -0.943. The number of carboxylic acid groups (broad SMARTS) is 1. The van der Waals surface area contributed by atoms with Gasteiger partial charge < -0.3 is 10.0 Å². The Labute approximate surface area is 123 Å². The SMILES string of the molecule is CCC(Sc1ccccc1)C(=O)N1CCC[C@@H]1C(=O)O. The summed E-state index contributed by atoms with van der Waals surface area (Å²) in [5, 5.41) is 8.97. The quantitative estimate of drug-likeness (QED) is 0.848. The summed E-state index contributed by atoms with van der Waals surface area (Å²) in [6, 6.07) is 9.12. The van der Waals surface area contributed by atoms with Crippen LogP contribution < -0.4 is 0 Å². The molecule has 108 valence electrons. The van der Waals surface area contributed by atoms with Crippen LogP contribution in [0.3, 0.4) is 0 Å². The minimum absolute atomic E-state index is 0.0498. The van der Waals surface area contributed by atoms with Gasteiger partial charge in [0.15, 0.2) is 0 Å². The molecule has 0 saturated carbocycles. The largest absolute Gasteiger partial charge is 0.480 e. The molecule has 1 heterocycles. The molecule has 1 N–H and O–H groups in total. The maximum Gasteiger partial charge on any atom is 0.326 e. The van der Waals surface area contributed by atoms with E-state index in [1.165, 1.54) is 16.7 Å². The average molecular weight is 293 g/mol. The zero-order valence-electron chi connectivity index (χ0n) is 11.5. The number of rotatable bonds is 5. The smallest absolute Gasteiger partial charge is 0.326 e. The maximum absolute atomic E-state index is 12.5. The summed E-state index contributed by atoms with van der Waals surface area (Å²) in [6.07, 6.45) is 2.03. The molecule has 1 unspecified atom stereocenters. The number of aliphatic carboxylic acids is 1. The summed E-state index contributed by atoms with van der Waals surface area (Å²) in [4.78, 5) is 26.3. The summed E-state index contributed by atoms with van der Waals surface area (Å²) >= 11 is 1.51. The monoisotopic (exact) mass is 293 g/mol. The number of carbonyl (C=O) groups excluding carboxylic acids is 1. The first-order valence-electron chi connectivity index (χ1n) is 6.88. The van der Waals surface area contributed by atoms with Gasteiger partial charge in [0.25, 0.3) is 0 Å². The third kappa shape index (κ3) is 3.33. The number of hydrogen-bond acceptors (Lipinski definition) is 3. The normalized spacial score (nSPS) is 19.9. The number of carboxylic acids is 1. The molecule has 0 aromatic heterocycles. The molecule has 1 aromatic rings. The van der Waals surface area contributed by atoms with Gasteiger partial charge in [-0.1, -0.05) is 25.1 Å². The Morgan fingerprint density at radius 1 is 1.40 bits per heavy atom. The summed E-state index contributed by atoms with van der Waals surface area (Å²) in [6.45, 7) is 2.52. The second-order valence-electron chi connectivity index (χ2n) is 4.86. The standard InChI is InChI=1S/C15H19NO3S/c1-2-13(20-11-7-4-3-5-8-11)14(17)16-10-6-9-12(16)15(18)19/h3-5,7-8,12-13H,2,6,9-10H2,1H3,(H,18,19)/t12-,13?/m1/s1. The molecular formula is C15H19NO3S. The first-order valence-corrected chi connectivity index (χ1v) is 7.76. The van der Waals surface area contributed by atoms with Gasteiger partial charge in [-0.25, -0.2) is 4.79 Å². The van der Waals surface area contributed by atoms with Gasteiger partial charge in [-0.05, 0) is 31.4 Å². The highest BCUT2D eigenvalue weighted by Crippen LogP contribution is 2.29. The number of hydrogen-bond donors (Lipinski definition) is 1. The molecule has 0 radical (unpaired) electrons. The molecule has 1 amide bonds. The fraction of sp³-hybridized carbons (Fsp3) is 0.467. The minimum Gasteiger partial charge on any atom is -0.480 e. The third-order valence-corrected chi connectivity index (χ3v) is 4.85. The average Bonchev–Trinajstić information content (AvgIpc) is 2.94. The van der Waals surface area contributed by atoms with Crippen molar-refractivity contribution in [3.63, 3.8) is 0 Å². The van der Waals surface area contributed by atoms with Crippen LogP contribution in [0.25, 0.3) is 0 Å². The molecule has 2 atom stereocenters. The van der Waals surface area contributed by atoms with Crippen molar-refractivity contribution in [2.24, 2.45) is 0 Å². The Balaban J connectivity index is 2.07. The van der Waals surface area contributed by atoms with Crippen LogP contribution in [0, 0.1) is 0 Å². The Hall–Kier alpha value is -1.49. The van der Waals surface area contributed by atoms with Crippen molar-refractivity contribution in [2.45, 2.75) is 42.4 Å². The molecule has 5 heteroatoms. The lowest BCUT2D eigenvalue weighted by molar-refractivity contribution is -0.148. The molecule has 0 aliphatic carbocycles. The number of carbonyl (C=O) groups is 2. The lowest BCUT2D eigenvalue weighted by Crippen LogP contribution is -2.44. The van der Waals surface area contributed by atoms with Crippen LogP contribution in [0.2, 0.25) is 0 Å². The highest BCUT2D eigenvalue weighted by atomic mass is 32.2. The molecule has 1 aliphatic heterocycles. The van der Waals surface area contributed by atoms with E-state index in [1.54, 1.807) is 0 Å². The number of thioether (sulfide) groups is 1. The molecular weight excluding hydrogens is 274 g/mol. The zero-order chi connectivity index (χ0) is 14.5. The summed E-state index contributed by atoms with van der Waals surface area (Å²) < 4.78 is 0. The van der Waals surface area contributed by atoms with Gasteiger partial charge in [0.05, 0.1) is 5.25 Å². The van der Waals surface area contributed by atoms with Crippen molar-refractivity contribution in [1.82, 2.24) is 4.90 Å². The number of amides is 1. The second-order valence-corrected chi connectivity index (χ2v) is 6.13. The van der Waals surface area contributed by atoms with Gasteiger partial charge in [0, 0.05) is 11.4 Å². The van der Waals surface area contributed by atoms with Crippen LogP contribution in [0.5, 0.6) is 0 Å². The van der Waals surface area contributed by atoms with E-state index in [0.717, 1.165) is 11.3 Å². The van der Waals surface area contributed by atoms with Gasteiger partial charge >= 0.3 is 5.97 Å². The van der Waals surface area contributed by atoms with E-state index >= 15 is 0 Å². The number of benzene rings is 1. The molecule has 0 spiro atoms. The molecule has 1 fully saturated rings. The fourth-order valence-corrected chi connectivity index (χ4v) is 3.49. The first kappa shape index (κ1) is 14.9. The Morgan fingerprint density at radius 3 is 2.70 bits per heavy atom. The molecule has 4 nitrogen and oxygen atoms in total. The Morgan fingerprint density at radius 2 is 2.10 bits per heavy atom. The molecule has 1 aliphatic rings. The van der Waals surface area contributed by atoms with Crippen LogP contribution in [0.1, 0.15) is 26.2 Å². The van der Waals surface area contributed by atoms with Crippen molar-refractivity contribution >= 4 is 23.6 Å². The number of nitrogens with zero attached hydrogens (tertiary/aromatic N) is 1. The highest BCUT2D eigenvalue weighted by molar-refractivity contribution is 8.00. The molecule has 1 aromatic carbocycles. The van der Waals surface area contributed by atoms with E-state index in [2.05, 4.69) is 0 Å². The lowest BCUT2D eigenvalue weighted by Gasteiger charge is -2.25. The first-order chi connectivity index (χ1) is 9.63. The van der Waals surface area contributed by atoms with E-state index in [-0.39, 0.29) is 11.2 Å². The van der Waals surface area contributed by atoms with E-state index in [9.17, 15) is 14.7 Å². The van der Waals surface area contributed by atoms with Crippen molar-refractivity contribution in [2.75, 3.05) is 6.54 Å². The van der Waals surface area contributed by atoms with E-state index in [0.29, 0.717) is 19.4 Å².